The maximum Gasteiger partial charge on any atom is 0.141 e. The summed E-state index contributed by atoms with van der Waals surface area (Å²) in [6.07, 6.45) is 9.49. The average molecular weight is 407 g/mol. The van der Waals surface area contributed by atoms with E-state index in [9.17, 15) is 5.11 Å². The minimum absolute atomic E-state index is 0.536. The molecule has 6 rings (SSSR count). The molecule has 1 aromatic carbocycles. The van der Waals surface area contributed by atoms with Gasteiger partial charge in [0.2, 0.25) is 0 Å². The van der Waals surface area contributed by atoms with Crippen molar-refractivity contribution in [1.29, 1.82) is 0 Å². The van der Waals surface area contributed by atoms with Crippen LogP contribution in [-0.4, -0.2) is 36.1 Å². The second-order valence-corrected chi connectivity index (χ2v) is 9.03. The molecule has 0 spiro atoms. The van der Waals surface area contributed by atoms with E-state index in [1.54, 1.807) is 28.5 Å². The molecular weight excluding hydrogens is 386 g/mol. The molecule has 1 N–H and O–H groups in total. The molecule has 3 aromatic heterocycles. The summed E-state index contributed by atoms with van der Waals surface area (Å²) in [5, 5.41) is 19.6. The first-order valence-corrected chi connectivity index (χ1v) is 10.9. The van der Waals surface area contributed by atoms with Crippen molar-refractivity contribution in [3.63, 3.8) is 0 Å². The highest BCUT2D eigenvalue weighted by atomic mass is 32.1. The standard InChI is InChI=1S/C21H21N5O2S/c27-20(19-21(14-3-4-14)29-18-9-22-12-25(18)19)17-10-26(24-23-17)15-5-7-16(8-6-15)28-11-13-1-2-13/h5-10,12-14,20,27H,1-4,11H2. The van der Waals surface area contributed by atoms with Crippen LogP contribution in [-0.2, 0) is 0 Å². The summed E-state index contributed by atoms with van der Waals surface area (Å²) in [5.74, 6) is 2.15. The molecule has 2 fully saturated rings. The number of aliphatic hydroxyl groups is 1. The summed E-state index contributed by atoms with van der Waals surface area (Å²) in [6.45, 7) is 0.797. The highest BCUT2D eigenvalue weighted by Crippen LogP contribution is 2.47. The fourth-order valence-electron chi connectivity index (χ4n) is 3.59. The smallest absolute Gasteiger partial charge is 0.141 e. The Bertz CT molecular complexity index is 1150. The van der Waals surface area contributed by atoms with Gasteiger partial charge < -0.3 is 9.84 Å². The van der Waals surface area contributed by atoms with Crippen molar-refractivity contribution in [2.75, 3.05) is 6.61 Å². The van der Waals surface area contributed by atoms with E-state index in [0.29, 0.717) is 11.6 Å². The second kappa shape index (κ2) is 6.67. The summed E-state index contributed by atoms with van der Waals surface area (Å²) in [6, 6.07) is 7.83. The Hall–Kier alpha value is -2.71. The number of aliphatic hydroxyl groups excluding tert-OH is 1. The minimum Gasteiger partial charge on any atom is -0.493 e. The van der Waals surface area contributed by atoms with Crippen LogP contribution in [0.25, 0.3) is 10.5 Å². The van der Waals surface area contributed by atoms with Gasteiger partial charge in [-0.3, -0.25) is 4.40 Å². The number of nitrogens with zero attached hydrogens (tertiary/aromatic N) is 5. The average Bonchev–Trinajstić information content (AvgIpc) is 3.62. The lowest BCUT2D eigenvalue weighted by atomic mass is 10.1. The Labute approximate surface area is 171 Å². The quantitative estimate of drug-likeness (QED) is 0.505. The van der Waals surface area contributed by atoms with Crippen molar-refractivity contribution in [3.05, 3.63) is 59.3 Å². The molecule has 0 aliphatic heterocycles. The van der Waals surface area contributed by atoms with Gasteiger partial charge in [0.05, 0.1) is 30.4 Å². The van der Waals surface area contributed by atoms with Crippen LogP contribution in [0.4, 0.5) is 0 Å². The Morgan fingerprint density at radius 2 is 2.00 bits per heavy atom. The summed E-state index contributed by atoms with van der Waals surface area (Å²) in [5.41, 5.74) is 2.30. The molecule has 8 heteroatoms. The minimum atomic E-state index is -0.830. The van der Waals surface area contributed by atoms with E-state index in [2.05, 4.69) is 15.3 Å². The Kier molecular flexibility index (Phi) is 3.95. The molecule has 0 saturated heterocycles. The lowest BCUT2D eigenvalue weighted by Gasteiger charge is -2.09. The number of fused-ring (bicyclic) bond motifs is 1. The maximum absolute atomic E-state index is 11.1. The van der Waals surface area contributed by atoms with Crippen LogP contribution in [0.1, 0.15) is 54.0 Å². The van der Waals surface area contributed by atoms with Gasteiger partial charge in [0.15, 0.2) is 0 Å². The van der Waals surface area contributed by atoms with E-state index < -0.39 is 6.10 Å². The fourth-order valence-corrected chi connectivity index (χ4v) is 4.89. The molecular formula is C21H21N5O2S. The van der Waals surface area contributed by atoms with Gasteiger partial charge in [-0.25, -0.2) is 9.67 Å². The van der Waals surface area contributed by atoms with Crippen LogP contribution in [0.15, 0.2) is 43.0 Å². The van der Waals surface area contributed by atoms with Gasteiger partial charge in [-0.1, -0.05) is 5.21 Å². The number of aromatic nitrogens is 5. The van der Waals surface area contributed by atoms with E-state index in [1.165, 1.54) is 30.6 Å². The Morgan fingerprint density at radius 1 is 1.17 bits per heavy atom. The number of imidazole rings is 1. The number of hydrogen-bond acceptors (Lipinski definition) is 6. The van der Waals surface area contributed by atoms with E-state index in [4.69, 9.17) is 4.74 Å². The van der Waals surface area contributed by atoms with E-state index in [-0.39, 0.29) is 0 Å². The normalized spacial score (nSPS) is 17.7. The fraction of sp³-hybridized carbons (Fsp3) is 0.381. The number of ether oxygens (including phenoxy) is 1. The molecule has 1 unspecified atom stereocenters. The van der Waals surface area contributed by atoms with Gasteiger partial charge in [-0.2, -0.15) is 0 Å². The van der Waals surface area contributed by atoms with Crippen molar-refractivity contribution >= 4 is 16.2 Å². The molecule has 148 valence electrons. The third kappa shape index (κ3) is 3.22. The highest BCUT2D eigenvalue weighted by molar-refractivity contribution is 7.17. The van der Waals surface area contributed by atoms with Gasteiger partial charge in [0, 0.05) is 4.88 Å². The van der Waals surface area contributed by atoms with Crippen LogP contribution in [0, 0.1) is 5.92 Å². The topological polar surface area (TPSA) is 77.5 Å². The van der Waals surface area contributed by atoms with Crippen LogP contribution in [0.5, 0.6) is 5.75 Å². The van der Waals surface area contributed by atoms with Crippen LogP contribution >= 0.6 is 11.3 Å². The van der Waals surface area contributed by atoms with Crippen molar-refractivity contribution < 1.29 is 9.84 Å². The zero-order valence-corrected chi connectivity index (χ0v) is 16.6. The molecule has 4 aromatic rings. The first-order valence-electron chi connectivity index (χ1n) is 10.0. The molecule has 0 amide bonds. The molecule has 7 nitrogen and oxygen atoms in total. The van der Waals surface area contributed by atoms with Gasteiger partial charge in [0.25, 0.3) is 0 Å². The number of thiazole rings is 1. The summed E-state index contributed by atoms with van der Waals surface area (Å²) in [7, 11) is 0. The molecule has 2 aliphatic carbocycles. The lowest BCUT2D eigenvalue weighted by Crippen LogP contribution is -2.06. The summed E-state index contributed by atoms with van der Waals surface area (Å²) < 4.78 is 9.47. The molecule has 3 heterocycles. The second-order valence-electron chi connectivity index (χ2n) is 7.97. The molecule has 2 saturated carbocycles. The molecule has 0 radical (unpaired) electrons. The van der Waals surface area contributed by atoms with Crippen molar-refractivity contribution in [1.82, 2.24) is 24.4 Å². The Morgan fingerprint density at radius 3 is 2.76 bits per heavy atom. The third-order valence-electron chi connectivity index (χ3n) is 5.61. The zero-order valence-electron chi connectivity index (χ0n) is 15.8. The highest BCUT2D eigenvalue weighted by Gasteiger charge is 2.33. The van der Waals surface area contributed by atoms with E-state index >= 15 is 0 Å². The van der Waals surface area contributed by atoms with Crippen LogP contribution in [0.3, 0.4) is 0 Å². The third-order valence-corrected chi connectivity index (χ3v) is 6.89. The first-order chi connectivity index (χ1) is 14.3. The monoisotopic (exact) mass is 407 g/mol. The largest absolute Gasteiger partial charge is 0.493 e. The predicted octanol–water partition coefficient (Wildman–Crippen LogP) is 3.72. The van der Waals surface area contributed by atoms with Crippen LogP contribution < -0.4 is 4.74 Å². The van der Waals surface area contributed by atoms with Gasteiger partial charge >= 0.3 is 0 Å². The predicted molar refractivity (Wildman–Crippen MR) is 109 cm³/mol. The van der Waals surface area contributed by atoms with Crippen molar-refractivity contribution in [3.8, 4) is 11.4 Å². The van der Waals surface area contributed by atoms with Gasteiger partial charge in [-0.05, 0) is 61.8 Å². The van der Waals surface area contributed by atoms with Crippen molar-refractivity contribution in [2.24, 2.45) is 5.92 Å². The molecule has 2 aliphatic rings. The number of rotatable bonds is 7. The van der Waals surface area contributed by atoms with E-state index in [0.717, 1.165) is 34.5 Å². The first kappa shape index (κ1) is 17.2. The zero-order chi connectivity index (χ0) is 19.4. The summed E-state index contributed by atoms with van der Waals surface area (Å²) >= 11 is 1.71. The maximum atomic E-state index is 11.1. The molecule has 0 bridgehead atoms. The SMILES string of the molecule is OC(c1cn(-c2ccc(OCC3CC3)cc2)nn1)c1c(C2CC2)sc2cncn12. The van der Waals surface area contributed by atoms with E-state index in [1.807, 2.05) is 34.9 Å². The lowest BCUT2D eigenvalue weighted by molar-refractivity contribution is 0.208. The van der Waals surface area contributed by atoms with Crippen molar-refractivity contribution in [2.45, 2.75) is 37.7 Å². The van der Waals surface area contributed by atoms with Crippen LogP contribution in [0.2, 0.25) is 0 Å². The Balaban J connectivity index is 1.26. The van der Waals surface area contributed by atoms with Gasteiger partial charge in [0.1, 0.15) is 28.7 Å². The molecule has 1 atom stereocenters. The number of hydrogen-bond donors (Lipinski definition) is 1. The molecule has 29 heavy (non-hydrogen) atoms. The van der Waals surface area contributed by atoms with Gasteiger partial charge in [-0.15, -0.1) is 16.4 Å². The number of benzene rings is 1. The summed E-state index contributed by atoms with van der Waals surface area (Å²) in [4.78, 5) is 6.51.